The Balaban J connectivity index is 1.56. The van der Waals surface area contributed by atoms with Crippen LogP contribution in [0.5, 0.6) is 5.75 Å². The summed E-state index contributed by atoms with van der Waals surface area (Å²) in [6.45, 7) is 2.18. The van der Waals surface area contributed by atoms with Gasteiger partial charge in [0, 0.05) is 5.39 Å². The summed E-state index contributed by atoms with van der Waals surface area (Å²) in [5.74, 6) is 0.354. The van der Waals surface area contributed by atoms with Crippen molar-refractivity contribution in [3.05, 3.63) is 72.3 Å². The number of hydrogen-bond acceptors (Lipinski definition) is 4. The van der Waals surface area contributed by atoms with E-state index in [1.54, 1.807) is 12.1 Å². The van der Waals surface area contributed by atoms with Gasteiger partial charge in [-0.1, -0.05) is 54.1 Å². The topological polar surface area (TPSA) is 75.7 Å². The summed E-state index contributed by atoms with van der Waals surface area (Å²) in [7, 11) is -3.58. The molecule has 0 heterocycles. The number of sulfonamides is 1. The average Bonchev–Trinajstić information content (AvgIpc) is 2.69. The quantitative estimate of drug-likeness (QED) is 0.577. The molecule has 0 aliphatic heterocycles. The van der Waals surface area contributed by atoms with Gasteiger partial charge in [-0.2, -0.15) is 0 Å². The van der Waals surface area contributed by atoms with Gasteiger partial charge in [-0.15, -0.1) is 0 Å². The lowest BCUT2D eigenvalue weighted by molar-refractivity contribution is -0.119. The Morgan fingerprint density at radius 1 is 1.00 bits per heavy atom. The molecule has 0 atom stereocenters. The highest BCUT2D eigenvalue weighted by Crippen LogP contribution is 2.24. The zero-order valence-electron chi connectivity index (χ0n) is 16.5. The number of aryl methyl sites for hydroxylation is 1. The molecule has 0 saturated carbocycles. The smallest absolute Gasteiger partial charge is 0.240 e. The van der Waals surface area contributed by atoms with E-state index in [2.05, 4.69) is 5.32 Å². The first kappa shape index (κ1) is 20.7. The minimum Gasteiger partial charge on any atom is -0.491 e. The maximum atomic E-state index is 12.3. The molecule has 0 aliphatic rings. The van der Waals surface area contributed by atoms with E-state index in [1.165, 1.54) is 0 Å². The monoisotopic (exact) mass is 412 g/mol. The predicted octanol–water partition coefficient (Wildman–Crippen LogP) is 3.11. The summed E-state index contributed by atoms with van der Waals surface area (Å²) in [5, 5.41) is 4.80. The van der Waals surface area contributed by atoms with Crippen LogP contribution in [-0.4, -0.2) is 40.3 Å². The highest BCUT2D eigenvalue weighted by atomic mass is 32.2. The Kier molecular flexibility index (Phi) is 6.39. The normalized spacial score (nSPS) is 11.2. The standard InChI is InChI=1S/C22H24N2O4S/c1-17-10-12-19(13-11-17)24(29(2,26)27)16-22(25)23-14-15-28-21-9-5-7-18-6-3-4-8-20(18)21/h3-13H,14-16H2,1-2H3,(H,23,25). The fourth-order valence-corrected chi connectivity index (χ4v) is 3.83. The van der Waals surface area contributed by atoms with E-state index in [9.17, 15) is 13.2 Å². The highest BCUT2D eigenvalue weighted by molar-refractivity contribution is 7.92. The number of nitrogens with one attached hydrogen (secondary N) is 1. The number of ether oxygens (including phenoxy) is 1. The lowest BCUT2D eigenvalue weighted by atomic mass is 10.1. The molecule has 0 aliphatic carbocycles. The van der Waals surface area contributed by atoms with E-state index in [0.29, 0.717) is 5.69 Å². The van der Waals surface area contributed by atoms with Gasteiger partial charge in [0.1, 0.15) is 18.9 Å². The Morgan fingerprint density at radius 2 is 1.69 bits per heavy atom. The van der Waals surface area contributed by atoms with Crippen molar-refractivity contribution in [2.75, 3.05) is 30.3 Å². The molecule has 3 aromatic rings. The molecule has 0 saturated heterocycles. The molecule has 0 aromatic heterocycles. The molecule has 1 N–H and O–H groups in total. The van der Waals surface area contributed by atoms with E-state index in [1.807, 2.05) is 61.5 Å². The third-order valence-electron chi connectivity index (χ3n) is 4.44. The number of amides is 1. The van der Waals surface area contributed by atoms with E-state index >= 15 is 0 Å². The molecular weight excluding hydrogens is 388 g/mol. The van der Waals surface area contributed by atoms with E-state index in [-0.39, 0.29) is 19.7 Å². The summed E-state index contributed by atoms with van der Waals surface area (Å²) < 4.78 is 31.1. The van der Waals surface area contributed by atoms with Gasteiger partial charge in [0.15, 0.2) is 0 Å². The van der Waals surface area contributed by atoms with Gasteiger partial charge < -0.3 is 10.1 Å². The van der Waals surface area contributed by atoms with Crippen LogP contribution >= 0.6 is 0 Å². The van der Waals surface area contributed by atoms with Crippen molar-refractivity contribution in [2.24, 2.45) is 0 Å². The SMILES string of the molecule is Cc1ccc(N(CC(=O)NCCOc2cccc3ccccc23)S(C)(=O)=O)cc1. The first-order valence-corrected chi connectivity index (χ1v) is 11.1. The minimum absolute atomic E-state index is 0.271. The third kappa shape index (κ3) is 5.48. The molecule has 6 nitrogen and oxygen atoms in total. The summed E-state index contributed by atoms with van der Waals surface area (Å²) in [5.41, 5.74) is 1.47. The first-order valence-electron chi connectivity index (χ1n) is 9.26. The number of benzene rings is 3. The van der Waals surface area contributed by atoms with Crippen LogP contribution in [0.1, 0.15) is 5.56 Å². The molecule has 3 rings (SSSR count). The van der Waals surface area contributed by atoms with E-state index in [0.717, 1.165) is 32.6 Å². The van der Waals surface area contributed by atoms with Crippen molar-refractivity contribution in [1.29, 1.82) is 0 Å². The number of carbonyl (C=O) groups is 1. The van der Waals surface area contributed by atoms with Crippen molar-refractivity contribution in [3.8, 4) is 5.75 Å². The molecule has 0 unspecified atom stereocenters. The van der Waals surface area contributed by atoms with Crippen LogP contribution in [0.15, 0.2) is 66.7 Å². The first-order chi connectivity index (χ1) is 13.8. The Hall–Kier alpha value is -3.06. The Labute approximate surface area is 171 Å². The largest absolute Gasteiger partial charge is 0.491 e. The zero-order chi connectivity index (χ0) is 20.9. The summed E-state index contributed by atoms with van der Waals surface area (Å²) >= 11 is 0. The molecule has 7 heteroatoms. The van der Waals surface area contributed by atoms with Crippen LogP contribution in [0.3, 0.4) is 0 Å². The second-order valence-corrected chi connectivity index (χ2v) is 8.69. The minimum atomic E-state index is -3.58. The van der Waals surface area contributed by atoms with Gasteiger partial charge in [0.25, 0.3) is 0 Å². The molecular formula is C22H24N2O4S. The summed E-state index contributed by atoms with van der Waals surface area (Å²) in [4.78, 5) is 12.3. The van der Waals surface area contributed by atoms with Gasteiger partial charge in [0.05, 0.1) is 18.5 Å². The van der Waals surface area contributed by atoms with Gasteiger partial charge in [0.2, 0.25) is 15.9 Å². The van der Waals surface area contributed by atoms with Crippen molar-refractivity contribution >= 4 is 32.4 Å². The van der Waals surface area contributed by atoms with Crippen molar-refractivity contribution in [1.82, 2.24) is 5.32 Å². The Morgan fingerprint density at radius 3 is 2.41 bits per heavy atom. The van der Waals surface area contributed by atoms with Gasteiger partial charge in [-0.3, -0.25) is 9.10 Å². The third-order valence-corrected chi connectivity index (χ3v) is 5.58. The van der Waals surface area contributed by atoms with Crippen LogP contribution < -0.4 is 14.4 Å². The molecule has 1 amide bonds. The van der Waals surface area contributed by atoms with Gasteiger partial charge in [-0.05, 0) is 30.5 Å². The molecule has 3 aromatic carbocycles. The summed E-state index contributed by atoms with van der Waals surface area (Å²) in [6, 6.07) is 20.7. The molecule has 29 heavy (non-hydrogen) atoms. The van der Waals surface area contributed by atoms with Crippen LogP contribution in [0.25, 0.3) is 10.8 Å². The number of nitrogens with zero attached hydrogens (tertiary/aromatic N) is 1. The number of hydrogen-bond donors (Lipinski definition) is 1. The fourth-order valence-electron chi connectivity index (χ4n) is 2.97. The van der Waals surface area contributed by atoms with Crippen LogP contribution in [0.4, 0.5) is 5.69 Å². The van der Waals surface area contributed by atoms with Crippen molar-refractivity contribution in [2.45, 2.75) is 6.92 Å². The predicted molar refractivity (Wildman–Crippen MR) is 116 cm³/mol. The van der Waals surface area contributed by atoms with Gasteiger partial charge in [-0.25, -0.2) is 8.42 Å². The number of fused-ring (bicyclic) bond motifs is 1. The van der Waals surface area contributed by atoms with E-state index < -0.39 is 15.9 Å². The van der Waals surface area contributed by atoms with Crippen molar-refractivity contribution in [3.63, 3.8) is 0 Å². The number of anilines is 1. The lowest BCUT2D eigenvalue weighted by Gasteiger charge is -2.22. The number of rotatable bonds is 8. The number of carbonyl (C=O) groups excluding carboxylic acids is 1. The molecule has 152 valence electrons. The lowest BCUT2D eigenvalue weighted by Crippen LogP contribution is -2.41. The van der Waals surface area contributed by atoms with E-state index in [4.69, 9.17) is 4.74 Å². The molecule has 0 bridgehead atoms. The van der Waals surface area contributed by atoms with Gasteiger partial charge >= 0.3 is 0 Å². The zero-order valence-corrected chi connectivity index (χ0v) is 17.3. The fraction of sp³-hybridized carbons (Fsp3) is 0.227. The van der Waals surface area contributed by atoms with Crippen LogP contribution in [0, 0.1) is 6.92 Å². The molecule has 0 radical (unpaired) electrons. The Bertz CT molecular complexity index is 1090. The second kappa shape index (κ2) is 8.96. The van der Waals surface area contributed by atoms with Crippen LogP contribution in [-0.2, 0) is 14.8 Å². The van der Waals surface area contributed by atoms with Crippen molar-refractivity contribution < 1.29 is 17.9 Å². The van der Waals surface area contributed by atoms with Crippen LogP contribution in [0.2, 0.25) is 0 Å². The summed E-state index contributed by atoms with van der Waals surface area (Å²) in [6.07, 6.45) is 1.09. The second-order valence-electron chi connectivity index (χ2n) is 6.78. The highest BCUT2D eigenvalue weighted by Gasteiger charge is 2.20. The maximum Gasteiger partial charge on any atom is 0.240 e. The average molecular weight is 413 g/mol. The maximum absolute atomic E-state index is 12.3. The molecule has 0 fully saturated rings. The molecule has 0 spiro atoms.